The van der Waals surface area contributed by atoms with Gasteiger partial charge in [-0.25, -0.2) is 4.98 Å². The van der Waals surface area contributed by atoms with Gasteiger partial charge < -0.3 is 24.2 Å². The number of ether oxygens (including phenoxy) is 3. The Morgan fingerprint density at radius 2 is 1.97 bits per heavy atom. The summed E-state index contributed by atoms with van der Waals surface area (Å²) in [4.78, 5) is 6.68. The number of aliphatic hydroxyl groups excluding tert-OH is 1. The minimum atomic E-state index is 0.0810. The van der Waals surface area contributed by atoms with Crippen LogP contribution in [-0.2, 0) is 17.8 Å². The molecule has 0 bridgehead atoms. The number of para-hydroxylation sites is 1. The summed E-state index contributed by atoms with van der Waals surface area (Å²) in [7, 11) is 1.67. The molecule has 1 N–H and O–H groups in total. The highest BCUT2D eigenvalue weighted by Gasteiger charge is 2.26. The number of aromatic nitrogens is 1. The average molecular weight is 435 g/mol. The van der Waals surface area contributed by atoms with Gasteiger partial charge in [0.2, 0.25) is 5.88 Å². The predicted molar refractivity (Wildman–Crippen MR) is 125 cm³/mol. The van der Waals surface area contributed by atoms with E-state index < -0.39 is 0 Å². The predicted octanol–water partition coefficient (Wildman–Crippen LogP) is 4.52. The number of aryl methyl sites for hydroxylation is 1. The van der Waals surface area contributed by atoms with Crippen molar-refractivity contribution in [1.82, 2.24) is 4.98 Å². The molecule has 1 aliphatic heterocycles. The smallest absolute Gasteiger partial charge is 0.216 e. The molecular formula is C26H30N2O4. The Morgan fingerprint density at radius 1 is 1.09 bits per heavy atom. The van der Waals surface area contributed by atoms with E-state index in [-0.39, 0.29) is 12.7 Å². The molecule has 6 nitrogen and oxygen atoms in total. The Labute approximate surface area is 189 Å². The minimum Gasteiger partial charge on any atom is -0.472 e. The van der Waals surface area contributed by atoms with Crippen LogP contribution in [0.1, 0.15) is 23.1 Å². The van der Waals surface area contributed by atoms with E-state index in [0.717, 1.165) is 53.4 Å². The zero-order chi connectivity index (χ0) is 22.3. The lowest BCUT2D eigenvalue weighted by Crippen LogP contribution is -2.26. The molecule has 168 valence electrons. The highest BCUT2D eigenvalue weighted by molar-refractivity contribution is 5.58. The van der Waals surface area contributed by atoms with Gasteiger partial charge in [-0.05, 0) is 49.2 Å². The van der Waals surface area contributed by atoms with Gasteiger partial charge in [-0.1, -0.05) is 24.3 Å². The molecule has 3 aromatic rings. The first-order chi connectivity index (χ1) is 15.7. The standard InChI is InChI=1S/C26H30N2O4/c1-19-6-5-13-27-26(19)32-23-11-14-28(17-23)24-10-9-22(16-20(24)12-15-29)31-25-8-4-3-7-21(25)18-30-2/h3-10,13,16,23,29H,11-12,14-15,17-18H2,1-2H3/t23-/m0/s1. The summed E-state index contributed by atoms with van der Waals surface area (Å²) in [5.74, 6) is 2.22. The fourth-order valence-corrected chi connectivity index (χ4v) is 4.06. The zero-order valence-corrected chi connectivity index (χ0v) is 18.7. The third-order valence-electron chi connectivity index (χ3n) is 5.66. The van der Waals surface area contributed by atoms with Crippen molar-refractivity contribution in [3.63, 3.8) is 0 Å². The normalized spacial score (nSPS) is 15.7. The van der Waals surface area contributed by atoms with Crippen molar-refractivity contribution in [2.75, 3.05) is 31.7 Å². The van der Waals surface area contributed by atoms with Crippen molar-refractivity contribution in [1.29, 1.82) is 0 Å². The molecule has 0 unspecified atom stereocenters. The lowest BCUT2D eigenvalue weighted by molar-refractivity contribution is 0.182. The van der Waals surface area contributed by atoms with Crippen molar-refractivity contribution in [3.05, 3.63) is 77.5 Å². The Balaban J connectivity index is 1.49. The van der Waals surface area contributed by atoms with Gasteiger partial charge in [-0.3, -0.25) is 0 Å². The van der Waals surface area contributed by atoms with E-state index >= 15 is 0 Å². The van der Waals surface area contributed by atoms with Gasteiger partial charge in [-0.2, -0.15) is 0 Å². The molecule has 1 fully saturated rings. The number of aliphatic hydroxyl groups is 1. The quantitative estimate of drug-likeness (QED) is 0.534. The molecule has 1 saturated heterocycles. The van der Waals surface area contributed by atoms with Crippen LogP contribution in [-0.4, -0.2) is 43.0 Å². The van der Waals surface area contributed by atoms with Crippen LogP contribution < -0.4 is 14.4 Å². The van der Waals surface area contributed by atoms with Crippen molar-refractivity contribution >= 4 is 5.69 Å². The number of anilines is 1. The van der Waals surface area contributed by atoms with Crippen LogP contribution in [0.2, 0.25) is 0 Å². The van der Waals surface area contributed by atoms with E-state index in [1.165, 1.54) is 0 Å². The first kappa shape index (κ1) is 22.1. The summed E-state index contributed by atoms with van der Waals surface area (Å²) in [5, 5.41) is 9.65. The van der Waals surface area contributed by atoms with Gasteiger partial charge >= 0.3 is 0 Å². The number of hydrogen-bond donors (Lipinski definition) is 1. The summed E-state index contributed by atoms with van der Waals surface area (Å²) < 4.78 is 17.6. The maximum Gasteiger partial charge on any atom is 0.216 e. The summed E-state index contributed by atoms with van der Waals surface area (Å²) in [6.07, 6.45) is 3.34. The first-order valence-electron chi connectivity index (χ1n) is 11.0. The maximum absolute atomic E-state index is 9.65. The molecule has 0 aliphatic carbocycles. The number of methoxy groups -OCH3 is 1. The van der Waals surface area contributed by atoms with Crippen LogP contribution in [0.3, 0.4) is 0 Å². The molecule has 0 amide bonds. The Morgan fingerprint density at radius 3 is 2.78 bits per heavy atom. The van der Waals surface area contributed by atoms with Crippen LogP contribution in [0, 0.1) is 6.92 Å². The molecule has 1 aromatic heterocycles. The number of benzene rings is 2. The third-order valence-corrected chi connectivity index (χ3v) is 5.66. The molecule has 0 spiro atoms. The number of rotatable bonds is 9. The van der Waals surface area contributed by atoms with E-state index in [1.807, 2.05) is 55.5 Å². The summed E-state index contributed by atoms with van der Waals surface area (Å²) in [5.41, 5.74) is 4.21. The van der Waals surface area contributed by atoms with Crippen molar-refractivity contribution in [2.45, 2.75) is 32.5 Å². The summed E-state index contributed by atoms with van der Waals surface area (Å²) >= 11 is 0. The number of nitrogens with zero attached hydrogens (tertiary/aromatic N) is 2. The minimum absolute atomic E-state index is 0.0810. The van der Waals surface area contributed by atoms with Gasteiger partial charge in [0.15, 0.2) is 0 Å². The topological polar surface area (TPSA) is 64.1 Å². The molecule has 4 rings (SSSR count). The molecule has 0 saturated carbocycles. The Hall–Kier alpha value is -3.09. The second-order valence-corrected chi connectivity index (χ2v) is 8.01. The molecule has 6 heteroatoms. The van der Waals surface area contributed by atoms with Crippen LogP contribution in [0.5, 0.6) is 17.4 Å². The average Bonchev–Trinajstić information content (AvgIpc) is 3.26. The van der Waals surface area contributed by atoms with Crippen LogP contribution in [0.4, 0.5) is 5.69 Å². The largest absolute Gasteiger partial charge is 0.472 e. The second-order valence-electron chi connectivity index (χ2n) is 8.01. The molecule has 0 radical (unpaired) electrons. The zero-order valence-electron chi connectivity index (χ0n) is 18.7. The number of hydrogen-bond acceptors (Lipinski definition) is 6. The lowest BCUT2D eigenvalue weighted by atomic mass is 10.1. The van der Waals surface area contributed by atoms with E-state index in [4.69, 9.17) is 14.2 Å². The summed E-state index contributed by atoms with van der Waals surface area (Å²) in [6.45, 7) is 4.26. The van der Waals surface area contributed by atoms with Crippen molar-refractivity contribution < 1.29 is 19.3 Å². The van der Waals surface area contributed by atoms with Crippen LogP contribution in [0.25, 0.3) is 0 Å². The van der Waals surface area contributed by atoms with Crippen LogP contribution in [0.15, 0.2) is 60.8 Å². The molecule has 1 atom stereocenters. The highest BCUT2D eigenvalue weighted by atomic mass is 16.5. The first-order valence-corrected chi connectivity index (χ1v) is 11.0. The third kappa shape index (κ3) is 5.21. The highest BCUT2D eigenvalue weighted by Crippen LogP contribution is 2.33. The molecule has 2 heterocycles. The lowest BCUT2D eigenvalue weighted by Gasteiger charge is -2.23. The summed E-state index contributed by atoms with van der Waals surface area (Å²) in [6, 6.07) is 17.9. The second kappa shape index (κ2) is 10.5. The van der Waals surface area contributed by atoms with Gasteiger partial charge in [0.05, 0.1) is 13.2 Å². The fourth-order valence-electron chi connectivity index (χ4n) is 4.06. The van der Waals surface area contributed by atoms with Crippen molar-refractivity contribution in [2.24, 2.45) is 0 Å². The monoisotopic (exact) mass is 434 g/mol. The van der Waals surface area contributed by atoms with Gasteiger partial charge in [0.25, 0.3) is 0 Å². The van der Waals surface area contributed by atoms with E-state index in [0.29, 0.717) is 18.9 Å². The molecule has 2 aromatic carbocycles. The van der Waals surface area contributed by atoms with Crippen LogP contribution >= 0.6 is 0 Å². The Bertz CT molecular complexity index is 1040. The molecular weight excluding hydrogens is 404 g/mol. The fraction of sp³-hybridized carbons (Fsp3) is 0.346. The van der Waals surface area contributed by atoms with Gasteiger partial charge in [-0.15, -0.1) is 0 Å². The van der Waals surface area contributed by atoms with E-state index in [2.05, 4.69) is 16.0 Å². The van der Waals surface area contributed by atoms with E-state index in [1.54, 1.807) is 13.3 Å². The van der Waals surface area contributed by atoms with Gasteiger partial charge in [0.1, 0.15) is 17.6 Å². The van der Waals surface area contributed by atoms with E-state index in [9.17, 15) is 5.11 Å². The molecule has 1 aliphatic rings. The SMILES string of the molecule is COCc1ccccc1Oc1ccc(N2CC[C@H](Oc3ncccc3C)C2)c(CCO)c1. The maximum atomic E-state index is 9.65. The Kier molecular flexibility index (Phi) is 7.24. The van der Waals surface area contributed by atoms with Crippen molar-refractivity contribution in [3.8, 4) is 17.4 Å². The molecule has 32 heavy (non-hydrogen) atoms. The number of pyridine rings is 1. The van der Waals surface area contributed by atoms with Gasteiger partial charge in [0, 0.05) is 49.7 Å².